The summed E-state index contributed by atoms with van der Waals surface area (Å²) >= 11 is 0. The third kappa shape index (κ3) is 7.19. The fourth-order valence-electron chi connectivity index (χ4n) is 0.963. The molecular weight excluding hydrogens is 162 g/mol. The van der Waals surface area contributed by atoms with E-state index in [1.807, 2.05) is 6.92 Å². The molecule has 0 amide bonds. The topological polar surface area (TPSA) is 40.9 Å². The van der Waals surface area contributed by atoms with Crippen LogP contribution >= 0.6 is 0 Å². The molecule has 72 valence electrons. The lowest BCUT2D eigenvalue weighted by Gasteiger charge is -1.96. The molecule has 1 N–H and O–H groups in total. The number of hydrogen-bond donors (Lipinski definition) is 1. The van der Waals surface area contributed by atoms with E-state index in [1.165, 1.54) is 6.21 Å². The fourth-order valence-corrected chi connectivity index (χ4v) is 0.963. The number of nitrogens with one attached hydrogen (secondary N) is 1. The third-order valence-electron chi connectivity index (χ3n) is 1.69. The number of rotatable bonds is 7. The van der Waals surface area contributed by atoms with Gasteiger partial charge in [0.25, 0.3) is 0 Å². The van der Waals surface area contributed by atoms with Gasteiger partial charge in [0.15, 0.2) is 5.78 Å². The predicted molar refractivity (Wildman–Crippen MR) is 56.2 cm³/mol. The first-order valence-corrected chi connectivity index (χ1v) is 4.50. The summed E-state index contributed by atoms with van der Waals surface area (Å²) in [4.78, 5) is 11.2. The van der Waals surface area contributed by atoms with Crippen LogP contribution in [0.25, 0.3) is 0 Å². The summed E-state index contributed by atoms with van der Waals surface area (Å²) in [5.41, 5.74) is 1.05. The van der Waals surface area contributed by atoms with E-state index < -0.39 is 0 Å². The number of hydrogen-bond acceptors (Lipinski definition) is 2. The van der Waals surface area contributed by atoms with E-state index >= 15 is 0 Å². The van der Waals surface area contributed by atoms with Gasteiger partial charge in [0.1, 0.15) is 0 Å². The Hall–Kier alpha value is -1.18. The molecule has 2 heteroatoms. The van der Waals surface area contributed by atoms with Crippen molar-refractivity contribution in [3.63, 3.8) is 0 Å². The highest BCUT2D eigenvalue weighted by molar-refractivity contribution is 5.90. The van der Waals surface area contributed by atoms with Crippen molar-refractivity contribution in [3.05, 3.63) is 24.3 Å². The average Bonchev–Trinajstić information content (AvgIpc) is 2.11. The smallest absolute Gasteiger partial charge is 0.155 e. The van der Waals surface area contributed by atoms with E-state index in [0.717, 1.165) is 24.8 Å². The molecule has 0 unspecified atom stereocenters. The van der Waals surface area contributed by atoms with Gasteiger partial charge in [-0.05, 0) is 38.5 Å². The molecule has 0 heterocycles. The molecule has 0 saturated carbocycles. The summed E-state index contributed by atoms with van der Waals surface area (Å²) in [7, 11) is 0. The van der Waals surface area contributed by atoms with Crippen LogP contribution in [0, 0.1) is 5.41 Å². The maximum absolute atomic E-state index is 11.2. The van der Waals surface area contributed by atoms with Crippen molar-refractivity contribution >= 4 is 12.0 Å². The zero-order valence-corrected chi connectivity index (χ0v) is 8.18. The van der Waals surface area contributed by atoms with Crippen LogP contribution < -0.4 is 0 Å². The molecular formula is C11H17NO. The largest absolute Gasteiger partial charge is 0.313 e. The van der Waals surface area contributed by atoms with Gasteiger partial charge in [-0.15, -0.1) is 6.58 Å². The Bertz CT molecular complexity index is 216. The highest BCUT2D eigenvalue weighted by atomic mass is 16.1. The molecule has 0 rings (SSSR count). The Labute approximate surface area is 79.9 Å². The SMILES string of the molecule is C=CCCC(=O)C=C(C)CCC=N. The van der Waals surface area contributed by atoms with Crippen molar-refractivity contribution in [1.29, 1.82) is 5.41 Å². The number of allylic oxidation sites excluding steroid dienone is 3. The minimum Gasteiger partial charge on any atom is -0.313 e. The lowest BCUT2D eigenvalue weighted by molar-refractivity contribution is -0.114. The molecule has 0 aliphatic heterocycles. The van der Waals surface area contributed by atoms with Crippen LogP contribution in [0.1, 0.15) is 32.6 Å². The molecule has 2 nitrogen and oxygen atoms in total. The Kier molecular flexibility index (Phi) is 6.79. The number of ketones is 1. The molecule has 0 fully saturated rings. The molecule has 0 atom stereocenters. The molecule has 0 aromatic rings. The lowest BCUT2D eigenvalue weighted by Crippen LogP contribution is -1.93. The molecule has 0 spiro atoms. The standard InChI is InChI=1S/C11H17NO/c1-3-4-7-11(13)9-10(2)6-5-8-12/h3,8-9,12H,1,4-7H2,2H3. The quantitative estimate of drug-likeness (QED) is 0.364. The van der Waals surface area contributed by atoms with Crippen molar-refractivity contribution in [1.82, 2.24) is 0 Å². The first-order chi connectivity index (χ1) is 6.20. The second-order valence-electron chi connectivity index (χ2n) is 3.03. The van der Waals surface area contributed by atoms with Crippen LogP contribution in [0.3, 0.4) is 0 Å². The molecule has 0 radical (unpaired) electrons. The number of carbonyl (C=O) groups is 1. The van der Waals surface area contributed by atoms with Gasteiger partial charge in [0.2, 0.25) is 0 Å². The van der Waals surface area contributed by atoms with Crippen LogP contribution in [-0.4, -0.2) is 12.0 Å². The summed E-state index contributed by atoms with van der Waals surface area (Å²) < 4.78 is 0. The third-order valence-corrected chi connectivity index (χ3v) is 1.69. The first kappa shape index (κ1) is 11.8. The highest BCUT2D eigenvalue weighted by Crippen LogP contribution is 2.04. The van der Waals surface area contributed by atoms with Crippen molar-refractivity contribution in [3.8, 4) is 0 Å². The second kappa shape index (κ2) is 7.47. The lowest BCUT2D eigenvalue weighted by atomic mass is 10.1. The maximum atomic E-state index is 11.2. The first-order valence-electron chi connectivity index (χ1n) is 4.50. The molecule has 0 aliphatic rings. The van der Waals surface area contributed by atoms with Gasteiger partial charge in [-0.2, -0.15) is 0 Å². The van der Waals surface area contributed by atoms with Gasteiger partial charge >= 0.3 is 0 Å². The minimum absolute atomic E-state index is 0.155. The van der Waals surface area contributed by atoms with Gasteiger partial charge in [0, 0.05) is 6.42 Å². The van der Waals surface area contributed by atoms with Crippen LogP contribution in [0.5, 0.6) is 0 Å². The average molecular weight is 179 g/mol. The highest BCUT2D eigenvalue weighted by Gasteiger charge is 1.96. The van der Waals surface area contributed by atoms with Gasteiger partial charge in [-0.25, -0.2) is 0 Å². The monoisotopic (exact) mass is 179 g/mol. The van der Waals surface area contributed by atoms with E-state index in [2.05, 4.69) is 6.58 Å². The molecule has 13 heavy (non-hydrogen) atoms. The maximum Gasteiger partial charge on any atom is 0.155 e. The van der Waals surface area contributed by atoms with Gasteiger partial charge in [-0.3, -0.25) is 4.79 Å². The molecule has 0 aromatic heterocycles. The summed E-state index contributed by atoms with van der Waals surface area (Å²) in [6.45, 7) is 5.48. The fraction of sp³-hybridized carbons (Fsp3) is 0.455. The predicted octanol–water partition coefficient (Wildman–Crippen LogP) is 2.90. The van der Waals surface area contributed by atoms with Crippen LogP contribution in [0.4, 0.5) is 0 Å². The van der Waals surface area contributed by atoms with Crippen LogP contribution in [0.15, 0.2) is 24.3 Å². The molecule has 0 saturated heterocycles. The van der Waals surface area contributed by atoms with E-state index in [1.54, 1.807) is 12.2 Å². The van der Waals surface area contributed by atoms with E-state index in [9.17, 15) is 4.79 Å². The Balaban J connectivity index is 3.83. The normalized spacial score (nSPS) is 11.0. The second-order valence-corrected chi connectivity index (χ2v) is 3.03. The van der Waals surface area contributed by atoms with Gasteiger partial charge in [0.05, 0.1) is 0 Å². The number of carbonyl (C=O) groups excluding carboxylic acids is 1. The van der Waals surface area contributed by atoms with Crippen molar-refractivity contribution in [2.75, 3.05) is 0 Å². The summed E-state index contributed by atoms with van der Waals surface area (Å²) in [6, 6.07) is 0. The van der Waals surface area contributed by atoms with Crippen molar-refractivity contribution in [2.45, 2.75) is 32.6 Å². The van der Waals surface area contributed by atoms with E-state index in [4.69, 9.17) is 5.41 Å². The van der Waals surface area contributed by atoms with Crippen LogP contribution in [0.2, 0.25) is 0 Å². The zero-order valence-electron chi connectivity index (χ0n) is 8.18. The summed E-state index contributed by atoms with van der Waals surface area (Å²) in [5, 5.41) is 6.84. The molecule has 0 aromatic carbocycles. The minimum atomic E-state index is 0.155. The Morgan fingerprint density at radius 3 is 2.62 bits per heavy atom. The van der Waals surface area contributed by atoms with E-state index in [0.29, 0.717) is 6.42 Å². The Morgan fingerprint density at radius 2 is 2.08 bits per heavy atom. The van der Waals surface area contributed by atoms with E-state index in [-0.39, 0.29) is 5.78 Å². The van der Waals surface area contributed by atoms with Gasteiger partial charge < -0.3 is 5.41 Å². The van der Waals surface area contributed by atoms with Crippen molar-refractivity contribution < 1.29 is 4.79 Å². The van der Waals surface area contributed by atoms with Gasteiger partial charge in [-0.1, -0.05) is 11.6 Å². The molecule has 0 aliphatic carbocycles. The molecule has 0 bridgehead atoms. The van der Waals surface area contributed by atoms with Crippen molar-refractivity contribution in [2.24, 2.45) is 0 Å². The zero-order chi connectivity index (χ0) is 10.1. The van der Waals surface area contributed by atoms with Crippen LogP contribution in [-0.2, 0) is 4.79 Å². The summed E-state index contributed by atoms with van der Waals surface area (Å²) in [6.07, 6.45) is 7.61. The summed E-state index contributed by atoms with van der Waals surface area (Å²) in [5.74, 6) is 0.155. The Morgan fingerprint density at radius 1 is 1.38 bits per heavy atom.